The van der Waals surface area contributed by atoms with Crippen LogP contribution in [0.5, 0.6) is 0 Å². The van der Waals surface area contributed by atoms with Gasteiger partial charge in [-0.3, -0.25) is 4.98 Å². The van der Waals surface area contributed by atoms with E-state index in [1.165, 1.54) is 6.07 Å². The van der Waals surface area contributed by atoms with E-state index in [-0.39, 0.29) is 12.4 Å². The van der Waals surface area contributed by atoms with Crippen LogP contribution in [0.1, 0.15) is 17.5 Å². The summed E-state index contributed by atoms with van der Waals surface area (Å²) in [5.74, 6) is -0.317. The molecule has 0 spiro atoms. The highest BCUT2D eigenvalue weighted by Crippen LogP contribution is 2.18. The molecule has 0 unspecified atom stereocenters. The highest BCUT2D eigenvalue weighted by Gasteiger charge is 2.03. The van der Waals surface area contributed by atoms with Gasteiger partial charge in [0.2, 0.25) is 0 Å². The van der Waals surface area contributed by atoms with Crippen LogP contribution >= 0.6 is 0 Å². The molecule has 0 radical (unpaired) electrons. The summed E-state index contributed by atoms with van der Waals surface area (Å²) in [6.45, 7) is 0.653. The molecule has 0 saturated carbocycles. The van der Waals surface area contributed by atoms with Crippen molar-refractivity contribution in [2.45, 2.75) is 13.0 Å². The number of ether oxygens (including phenoxy) is 1. The molecule has 3 rings (SSSR count). The minimum Gasteiger partial charge on any atom is -0.445 e. The number of carbonyl (C=O) groups is 1. The van der Waals surface area contributed by atoms with Crippen molar-refractivity contribution in [1.82, 2.24) is 10.3 Å². The number of amides is 1. The van der Waals surface area contributed by atoms with Crippen LogP contribution in [0.4, 0.5) is 9.18 Å². The second kappa shape index (κ2) is 8.76. The number of hydrogen-bond donors (Lipinski definition) is 1. The van der Waals surface area contributed by atoms with E-state index in [0.29, 0.717) is 24.0 Å². The Morgan fingerprint density at radius 3 is 2.85 bits per heavy atom. The van der Waals surface area contributed by atoms with Crippen LogP contribution in [0.2, 0.25) is 0 Å². The Bertz CT molecular complexity index is 910. The van der Waals surface area contributed by atoms with Crippen molar-refractivity contribution in [3.63, 3.8) is 0 Å². The molecular weight excluding hydrogens is 331 g/mol. The van der Waals surface area contributed by atoms with Gasteiger partial charge >= 0.3 is 6.09 Å². The van der Waals surface area contributed by atoms with Gasteiger partial charge in [-0.2, -0.15) is 0 Å². The topological polar surface area (TPSA) is 51.2 Å². The molecule has 1 aromatic heterocycles. The number of benzene rings is 2. The van der Waals surface area contributed by atoms with Gasteiger partial charge in [0.25, 0.3) is 0 Å². The van der Waals surface area contributed by atoms with Gasteiger partial charge in [-0.15, -0.1) is 0 Å². The van der Waals surface area contributed by atoms with Crippen LogP contribution in [0.25, 0.3) is 17.0 Å². The zero-order valence-electron chi connectivity index (χ0n) is 14.2. The lowest BCUT2D eigenvalue weighted by Gasteiger charge is -2.06. The molecule has 0 aliphatic carbocycles. The SMILES string of the molecule is O=C(NCCC=Cc1cc2cccnc2cc1F)OCc1ccccc1. The molecule has 26 heavy (non-hydrogen) atoms. The number of alkyl carbamates (subject to hydrolysis) is 1. The summed E-state index contributed by atoms with van der Waals surface area (Å²) in [7, 11) is 0. The first-order valence-corrected chi connectivity index (χ1v) is 8.38. The maximum Gasteiger partial charge on any atom is 0.407 e. The lowest BCUT2D eigenvalue weighted by molar-refractivity contribution is 0.140. The zero-order valence-corrected chi connectivity index (χ0v) is 14.2. The van der Waals surface area contributed by atoms with Crippen LogP contribution in [0.3, 0.4) is 0 Å². The van der Waals surface area contributed by atoms with Crippen molar-refractivity contribution in [3.8, 4) is 0 Å². The van der Waals surface area contributed by atoms with E-state index in [0.717, 1.165) is 10.9 Å². The maximum absolute atomic E-state index is 14.0. The summed E-state index contributed by atoms with van der Waals surface area (Å²) >= 11 is 0. The molecule has 4 nitrogen and oxygen atoms in total. The van der Waals surface area contributed by atoms with E-state index in [9.17, 15) is 9.18 Å². The third kappa shape index (κ3) is 4.89. The lowest BCUT2D eigenvalue weighted by atomic mass is 10.1. The Balaban J connectivity index is 1.44. The normalized spacial score (nSPS) is 11.0. The number of pyridine rings is 1. The van der Waals surface area contributed by atoms with Gasteiger partial charge < -0.3 is 10.1 Å². The minimum absolute atomic E-state index is 0.235. The van der Waals surface area contributed by atoms with Gasteiger partial charge in [0.1, 0.15) is 12.4 Å². The number of aromatic nitrogens is 1. The second-order valence-electron chi connectivity index (χ2n) is 5.75. The fourth-order valence-corrected chi connectivity index (χ4v) is 2.48. The Hall–Kier alpha value is -3.21. The number of nitrogens with zero attached hydrogens (tertiary/aromatic N) is 1. The number of rotatable bonds is 6. The molecule has 132 valence electrons. The molecule has 5 heteroatoms. The van der Waals surface area contributed by atoms with Gasteiger partial charge in [-0.05, 0) is 24.1 Å². The number of halogens is 1. The van der Waals surface area contributed by atoms with Gasteiger partial charge in [0.15, 0.2) is 0 Å². The van der Waals surface area contributed by atoms with E-state index in [2.05, 4.69) is 10.3 Å². The smallest absolute Gasteiger partial charge is 0.407 e. The first kappa shape index (κ1) is 17.6. The van der Waals surface area contributed by atoms with Gasteiger partial charge in [0.05, 0.1) is 5.52 Å². The molecule has 0 saturated heterocycles. The third-order valence-electron chi connectivity index (χ3n) is 3.81. The molecule has 3 aromatic rings. The molecule has 1 heterocycles. The molecule has 0 fully saturated rings. The average molecular weight is 350 g/mol. The van der Waals surface area contributed by atoms with Crippen molar-refractivity contribution < 1.29 is 13.9 Å². The number of hydrogen-bond acceptors (Lipinski definition) is 3. The van der Waals surface area contributed by atoms with Crippen LogP contribution in [-0.2, 0) is 11.3 Å². The van der Waals surface area contributed by atoms with Crippen LogP contribution in [-0.4, -0.2) is 17.6 Å². The fourth-order valence-electron chi connectivity index (χ4n) is 2.48. The van der Waals surface area contributed by atoms with Crippen LogP contribution < -0.4 is 5.32 Å². The van der Waals surface area contributed by atoms with Gasteiger partial charge in [0, 0.05) is 29.8 Å². The molecule has 0 bridgehead atoms. The average Bonchev–Trinajstić information content (AvgIpc) is 2.67. The molecule has 0 aliphatic heterocycles. The molecule has 0 atom stereocenters. The predicted octanol–water partition coefficient (Wildman–Crippen LogP) is 4.70. The summed E-state index contributed by atoms with van der Waals surface area (Å²) in [6, 6.07) is 16.4. The molecule has 2 aromatic carbocycles. The van der Waals surface area contributed by atoms with E-state index < -0.39 is 6.09 Å². The predicted molar refractivity (Wildman–Crippen MR) is 100.0 cm³/mol. The zero-order chi connectivity index (χ0) is 18.2. The fraction of sp³-hybridized carbons (Fsp3) is 0.143. The van der Waals surface area contributed by atoms with Gasteiger partial charge in [-0.1, -0.05) is 48.6 Å². The summed E-state index contributed by atoms with van der Waals surface area (Å²) in [5, 5.41) is 3.55. The van der Waals surface area contributed by atoms with Crippen molar-refractivity contribution in [2.75, 3.05) is 6.54 Å². The monoisotopic (exact) mass is 350 g/mol. The Morgan fingerprint density at radius 2 is 2.00 bits per heavy atom. The maximum atomic E-state index is 14.0. The standard InChI is InChI=1S/C21H19FN2O2/c22-19-14-20-18(10-6-12-23-20)13-17(19)9-4-5-11-24-21(25)26-15-16-7-2-1-3-8-16/h1-4,6-10,12-14H,5,11,15H2,(H,24,25). The first-order chi connectivity index (χ1) is 12.7. The Labute approximate surface area is 151 Å². The van der Waals surface area contributed by atoms with E-state index in [1.54, 1.807) is 18.3 Å². The van der Waals surface area contributed by atoms with E-state index in [1.807, 2.05) is 48.5 Å². The first-order valence-electron chi connectivity index (χ1n) is 8.38. The Morgan fingerprint density at radius 1 is 1.15 bits per heavy atom. The molecular formula is C21H19FN2O2. The largest absolute Gasteiger partial charge is 0.445 e. The highest BCUT2D eigenvalue weighted by atomic mass is 19.1. The van der Waals surface area contributed by atoms with Crippen LogP contribution in [0.15, 0.2) is 66.9 Å². The number of fused-ring (bicyclic) bond motifs is 1. The summed E-state index contributed by atoms with van der Waals surface area (Å²) in [4.78, 5) is 15.8. The Kier molecular flexibility index (Phi) is 5.93. The summed E-state index contributed by atoms with van der Waals surface area (Å²) in [5.41, 5.74) is 2.06. The van der Waals surface area contributed by atoms with E-state index >= 15 is 0 Å². The molecule has 1 N–H and O–H groups in total. The van der Waals surface area contributed by atoms with Gasteiger partial charge in [-0.25, -0.2) is 9.18 Å². The summed E-state index contributed by atoms with van der Waals surface area (Å²) in [6.07, 6.45) is 5.27. The van der Waals surface area contributed by atoms with Crippen molar-refractivity contribution in [1.29, 1.82) is 0 Å². The second-order valence-corrected chi connectivity index (χ2v) is 5.75. The number of carbonyl (C=O) groups excluding carboxylic acids is 1. The highest BCUT2D eigenvalue weighted by molar-refractivity contribution is 5.81. The summed E-state index contributed by atoms with van der Waals surface area (Å²) < 4.78 is 19.2. The molecule has 1 amide bonds. The van der Waals surface area contributed by atoms with Crippen molar-refractivity contribution in [3.05, 3.63) is 83.8 Å². The minimum atomic E-state index is -0.467. The van der Waals surface area contributed by atoms with E-state index in [4.69, 9.17) is 4.74 Å². The number of nitrogens with one attached hydrogen (secondary N) is 1. The van der Waals surface area contributed by atoms with Crippen LogP contribution in [0, 0.1) is 5.82 Å². The van der Waals surface area contributed by atoms with Crippen molar-refractivity contribution in [2.24, 2.45) is 0 Å². The third-order valence-corrected chi connectivity index (χ3v) is 3.81. The quantitative estimate of drug-likeness (QED) is 0.656. The van der Waals surface area contributed by atoms with Crippen molar-refractivity contribution >= 4 is 23.1 Å². The molecule has 0 aliphatic rings. The lowest BCUT2D eigenvalue weighted by Crippen LogP contribution is -2.24.